The highest BCUT2D eigenvalue weighted by Crippen LogP contribution is 2.33. The molecule has 1 amide bonds. The Labute approximate surface area is 113 Å². The number of hydrogen-bond acceptors (Lipinski definition) is 4. The van der Waals surface area contributed by atoms with Gasteiger partial charge in [0.15, 0.2) is 5.76 Å². The van der Waals surface area contributed by atoms with Crippen LogP contribution in [-0.4, -0.2) is 10.9 Å². The molecule has 0 aliphatic rings. The van der Waals surface area contributed by atoms with Crippen molar-refractivity contribution in [3.8, 4) is 11.5 Å². The second-order valence-corrected chi connectivity index (χ2v) is 5.26. The summed E-state index contributed by atoms with van der Waals surface area (Å²) in [6, 6.07) is 7.87. The van der Waals surface area contributed by atoms with Gasteiger partial charge in [0, 0.05) is 16.3 Å². The number of aromatic nitrogens is 1. The van der Waals surface area contributed by atoms with Crippen molar-refractivity contribution in [1.82, 2.24) is 4.98 Å². The summed E-state index contributed by atoms with van der Waals surface area (Å²) in [4.78, 5) is 15.3. The van der Waals surface area contributed by atoms with Gasteiger partial charge >= 0.3 is 0 Å². The first-order chi connectivity index (χ1) is 9.15. The molecule has 0 saturated carbocycles. The fourth-order valence-electron chi connectivity index (χ4n) is 2.06. The molecule has 0 radical (unpaired) electrons. The molecule has 0 bridgehead atoms. The van der Waals surface area contributed by atoms with E-state index in [0.29, 0.717) is 5.01 Å². The second-order valence-electron chi connectivity index (χ2n) is 4.32. The number of hydrogen-bond donors (Lipinski definition) is 1. The molecule has 0 aliphatic heterocycles. The molecular formula is C14H12N2O2S. The number of nitrogens with two attached hydrogens (primary N) is 1. The summed E-state index contributed by atoms with van der Waals surface area (Å²) in [6.07, 6.45) is 0.171. The molecule has 2 heterocycles. The fourth-order valence-corrected chi connectivity index (χ4v) is 2.85. The van der Waals surface area contributed by atoms with Gasteiger partial charge in [-0.2, -0.15) is 0 Å². The monoisotopic (exact) mass is 272 g/mol. The van der Waals surface area contributed by atoms with Gasteiger partial charge in [-0.25, -0.2) is 4.98 Å². The number of thiazole rings is 1. The quantitative estimate of drug-likeness (QED) is 0.797. The Hall–Kier alpha value is -2.14. The third-order valence-corrected chi connectivity index (χ3v) is 3.80. The predicted molar refractivity (Wildman–Crippen MR) is 75.0 cm³/mol. The highest BCUT2D eigenvalue weighted by atomic mass is 32.1. The molecular weight excluding hydrogens is 260 g/mol. The lowest BCUT2D eigenvalue weighted by Crippen LogP contribution is -2.13. The largest absolute Gasteiger partial charge is 0.454 e. The van der Waals surface area contributed by atoms with Crippen molar-refractivity contribution in [3.63, 3.8) is 0 Å². The van der Waals surface area contributed by atoms with E-state index in [2.05, 4.69) is 4.98 Å². The molecule has 0 aliphatic carbocycles. The number of para-hydroxylation sites is 1. The van der Waals surface area contributed by atoms with Crippen LogP contribution in [0.1, 0.15) is 10.6 Å². The number of fused-ring (bicyclic) bond motifs is 1. The number of amides is 1. The van der Waals surface area contributed by atoms with Gasteiger partial charge in [0.2, 0.25) is 5.91 Å². The molecule has 0 fully saturated rings. The number of rotatable bonds is 3. The lowest BCUT2D eigenvalue weighted by Gasteiger charge is -1.92. The van der Waals surface area contributed by atoms with Crippen molar-refractivity contribution >= 4 is 28.2 Å². The van der Waals surface area contributed by atoms with E-state index in [9.17, 15) is 4.79 Å². The van der Waals surface area contributed by atoms with Crippen LogP contribution in [0, 0.1) is 6.92 Å². The highest BCUT2D eigenvalue weighted by Gasteiger charge is 2.15. The molecule has 1 aromatic carbocycles. The first-order valence-corrected chi connectivity index (χ1v) is 6.74. The fraction of sp³-hybridized carbons (Fsp3) is 0.143. The zero-order valence-electron chi connectivity index (χ0n) is 10.3. The zero-order valence-corrected chi connectivity index (χ0v) is 11.2. The maximum Gasteiger partial charge on any atom is 0.224 e. The molecule has 19 heavy (non-hydrogen) atoms. The van der Waals surface area contributed by atoms with Crippen LogP contribution >= 0.6 is 11.3 Å². The first kappa shape index (κ1) is 11.9. The van der Waals surface area contributed by atoms with E-state index in [4.69, 9.17) is 10.2 Å². The van der Waals surface area contributed by atoms with Crippen LogP contribution in [0.25, 0.3) is 22.4 Å². The van der Waals surface area contributed by atoms with Crippen LogP contribution in [0.2, 0.25) is 0 Å². The summed E-state index contributed by atoms with van der Waals surface area (Å²) < 4.78 is 5.83. The van der Waals surface area contributed by atoms with Crippen molar-refractivity contribution in [2.24, 2.45) is 5.73 Å². The van der Waals surface area contributed by atoms with Crippen molar-refractivity contribution in [2.75, 3.05) is 0 Å². The minimum Gasteiger partial charge on any atom is -0.454 e. The highest BCUT2D eigenvalue weighted by molar-refractivity contribution is 7.10. The van der Waals surface area contributed by atoms with Gasteiger partial charge in [-0.05, 0) is 13.0 Å². The second kappa shape index (κ2) is 4.51. The Kier molecular flexibility index (Phi) is 2.83. The van der Waals surface area contributed by atoms with Gasteiger partial charge in [-0.3, -0.25) is 4.79 Å². The lowest BCUT2D eigenvalue weighted by molar-refractivity contribution is -0.117. The van der Waals surface area contributed by atoms with Crippen LogP contribution in [0.3, 0.4) is 0 Å². The summed E-state index contributed by atoms with van der Waals surface area (Å²) in [5.41, 5.74) is 7.84. The number of carbonyl (C=O) groups excluding carboxylic acids is 1. The number of carbonyl (C=O) groups is 1. The molecule has 96 valence electrons. The molecule has 0 saturated heterocycles. The maximum absolute atomic E-state index is 10.9. The van der Waals surface area contributed by atoms with Gasteiger partial charge in [0.25, 0.3) is 0 Å². The third kappa shape index (κ3) is 2.13. The van der Waals surface area contributed by atoms with E-state index in [1.165, 1.54) is 11.3 Å². The zero-order chi connectivity index (χ0) is 13.4. The number of aryl methyl sites for hydroxylation is 1. The smallest absolute Gasteiger partial charge is 0.224 e. The SMILES string of the molecule is Cc1c(-c2csc(CC(N)=O)n2)oc2ccccc12. The van der Waals surface area contributed by atoms with E-state index in [-0.39, 0.29) is 12.3 Å². The minimum absolute atomic E-state index is 0.171. The molecule has 3 aromatic rings. The van der Waals surface area contributed by atoms with Gasteiger partial charge in [-0.15, -0.1) is 11.3 Å². The van der Waals surface area contributed by atoms with Gasteiger partial charge < -0.3 is 10.2 Å². The van der Waals surface area contributed by atoms with E-state index in [0.717, 1.165) is 28.0 Å². The first-order valence-electron chi connectivity index (χ1n) is 5.86. The van der Waals surface area contributed by atoms with Crippen molar-refractivity contribution in [1.29, 1.82) is 0 Å². The standard InChI is InChI=1S/C14H12N2O2S/c1-8-9-4-2-3-5-11(9)18-14(8)10-7-19-13(16-10)6-12(15)17/h2-5,7H,6H2,1H3,(H2,15,17). The maximum atomic E-state index is 10.9. The topological polar surface area (TPSA) is 69.1 Å². The van der Waals surface area contributed by atoms with E-state index in [1.54, 1.807) is 0 Å². The number of furan rings is 1. The molecule has 4 nitrogen and oxygen atoms in total. The minimum atomic E-state index is -0.373. The van der Waals surface area contributed by atoms with Crippen LogP contribution < -0.4 is 5.73 Å². The van der Waals surface area contributed by atoms with Crippen molar-refractivity contribution in [3.05, 3.63) is 40.2 Å². The van der Waals surface area contributed by atoms with Crippen molar-refractivity contribution in [2.45, 2.75) is 13.3 Å². The summed E-state index contributed by atoms with van der Waals surface area (Å²) in [5, 5.41) is 3.69. The molecule has 0 unspecified atom stereocenters. The van der Waals surface area contributed by atoms with Crippen LogP contribution in [0.5, 0.6) is 0 Å². The average molecular weight is 272 g/mol. The van der Waals surface area contributed by atoms with E-state index in [1.807, 2.05) is 36.6 Å². The van der Waals surface area contributed by atoms with Crippen LogP contribution in [0.15, 0.2) is 34.1 Å². The molecule has 2 N–H and O–H groups in total. The molecule has 2 aromatic heterocycles. The Morgan fingerprint density at radius 2 is 2.21 bits per heavy atom. The molecule has 3 rings (SSSR count). The van der Waals surface area contributed by atoms with Crippen LogP contribution in [0.4, 0.5) is 0 Å². The number of nitrogens with zero attached hydrogens (tertiary/aromatic N) is 1. The average Bonchev–Trinajstić information content (AvgIpc) is 2.94. The Bertz CT molecular complexity index is 758. The van der Waals surface area contributed by atoms with Crippen molar-refractivity contribution < 1.29 is 9.21 Å². The summed E-state index contributed by atoms with van der Waals surface area (Å²) in [6.45, 7) is 2.01. The van der Waals surface area contributed by atoms with Gasteiger partial charge in [-0.1, -0.05) is 18.2 Å². The Morgan fingerprint density at radius 3 is 2.95 bits per heavy atom. The van der Waals surface area contributed by atoms with E-state index >= 15 is 0 Å². The Morgan fingerprint density at radius 1 is 1.42 bits per heavy atom. The molecule has 0 spiro atoms. The lowest BCUT2D eigenvalue weighted by atomic mass is 10.1. The van der Waals surface area contributed by atoms with Gasteiger partial charge in [0.1, 0.15) is 16.3 Å². The Balaban J connectivity index is 2.06. The number of benzene rings is 1. The molecule has 0 atom stereocenters. The molecule has 5 heteroatoms. The number of primary amides is 1. The predicted octanol–water partition coefficient (Wildman–Crippen LogP) is 2.89. The van der Waals surface area contributed by atoms with E-state index < -0.39 is 0 Å². The summed E-state index contributed by atoms with van der Waals surface area (Å²) >= 11 is 1.42. The normalized spacial score (nSPS) is 11.0. The van der Waals surface area contributed by atoms with Crippen LogP contribution in [-0.2, 0) is 11.2 Å². The van der Waals surface area contributed by atoms with Gasteiger partial charge in [0.05, 0.1) is 6.42 Å². The summed E-state index contributed by atoms with van der Waals surface area (Å²) in [5.74, 6) is 0.385. The summed E-state index contributed by atoms with van der Waals surface area (Å²) in [7, 11) is 0. The third-order valence-electron chi connectivity index (χ3n) is 2.95.